The summed E-state index contributed by atoms with van der Waals surface area (Å²) in [4.78, 5) is 13.2. The molecule has 5 heteroatoms. The lowest BCUT2D eigenvalue weighted by Crippen LogP contribution is -2.37. The Bertz CT molecular complexity index is 350. The zero-order valence-corrected chi connectivity index (χ0v) is 10.6. The van der Waals surface area contributed by atoms with Crippen LogP contribution in [0.1, 0.15) is 18.4 Å². The van der Waals surface area contributed by atoms with Crippen LogP contribution in [0.25, 0.3) is 0 Å². The first-order chi connectivity index (χ1) is 8.20. The first kappa shape index (κ1) is 12.3. The van der Waals surface area contributed by atoms with E-state index in [9.17, 15) is 0 Å². The Labute approximate surface area is 103 Å². The molecule has 0 radical (unpaired) electrons. The summed E-state index contributed by atoms with van der Waals surface area (Å²) in [6.07, 6.45) is 6.16. The van der Waals surface area contributed by atoms with Crippen molar-refractivity contribution in [2.24, 2.45) is 5.73 Å². The SMILES string of the molecule is CN(CC1CCCN1C)c1ncc(CN)cn1. The fourth-order valence-electron chi connectivity index (χ4n) is 2.26. The van der Waals surface area contributed by atoms with Crippen LogP contribution in [0.3, 0.4) is 0 Å². The number of hydrogen-bond donors (Lipinski definition) is 1. The largest absolute Gasteiger partial charge is 0.342 e. The number of aromatic nitrogens is 2. The number of likely N-dealkylation sites (N-methyl/N-ethyl adjacent to an activating group) is 2. The van der Waals surface area contributed by atoms with E-state index in [2.05, 4.69) is 26.8 Å². The minimum absolute atomic E-state index is 0.495. The summed E-state index contributed by atoms with van der Waals surface area (Å²) < 4.78 is 0. The van der Waals surface area contributed by atoms with Gasteiger partial charge in [-0.2, -0.15) is 0 Å². The van der Waals surface area contributed by atoms with Crippen LogP contribution in [0, 0.1) is 0 Å². The van der Waals surface area contributed by atoms with Crippen LogP contribution in [0.15, 0.2) is 12.4 Å². The van der Waals surface area contributed by atoms with E-state index in [0.29, 0.717) is 12.6 Å². The van der Waals surface area contributed by atoms with E-state index < -0.39 is 0 Å². The van der Waals surface area contributed by atoms with Crippen molar-refractivity contribution in [3.05, 3.63) is 18.0 Å². The summed E-state index contributed by atoms with van der Waals surface area (Å²) in [5.74, 6) is 0.780. The van der Waals surface area contributed by atoms with Crippen molar-refractivity contribution in [1.29, 1.82) is 0 Å². The third kappa shape index (κ3) is 2.92. The van der Waals surface area contributed by atoms with Gasteiger partial charge in [-0.15, -0.1) is 0 Å². The molecule has 1 aliphatic heterocycles. The Morgan fingerprint density at radius 3 is 2.71 bits per heavy atom. The maximum absolute atomic E-state index is 5.53. The van der Waals surface area contributed by atoms with E-state index in [0.717, 1.165) is 18.1 Å². The van der Waals surface area contributed by atoms with Gasteiger partial charge in [-0.3, -0.25) is 0 Å². The zero-order valence-electron chi connectivity index (χ0n) is 10.6. The van der Waals surface area contributed by atoms with Crippen LogP contribution in [-0.4, -0.2) is 48.1 Å². The highest BCUT2D eigenvalue weighted by atomic mass is 15.3. The monoisotopic (exact) mass is 235 g/mol. The van der Waals surface area contributed by atoms with E-state index in [-0.39, 0.29) is 0 Å². The highest BCUT2D eigenvalue weighted by Gasteiger charge is 2.22. The van der Waals surface area contributed by atoms with Crippen molar-refractivity contribution in [3.8, 4) is 0 Å². The van der Waals surface area contributed by atoms with Gasteiger partial charge in [0, 0.05) is 44.1 Å². The van der Waals surface area contributed by atoms with Crippen molar-refractivity contribution in [1.82, 2.24) is 14.9 Å². The molecule has 2 N–H and O–H groups in total. The quantitative estimate of drug-likeness (QED) is 0.822. The molecule has 0 aliphatic carbocycles. The van der Waals surface area contributed by atoms with Crippen molar-refractivity contribution in [2.45, 2.75) is 25.4 Å². The van der Waals surface area contributed by atoms with Crippen molar-refractivity contribution < 1.29 is 0 Å². The van der Waals surface area contributed by atoms with Gasteiger partial charge < -0.3 is 15.5 Å². The highest BCUT2D eigenvalue weighted by Crippen LogP contribution is 2.17. The molecule has 1 unspecified atom stereocenters. The fourth-order valence-corrected chi connectivity index (χ4v) is 2.26. The third-order valence-electron chi connectivity index (χ3n) is 3.42. The zero-order chi connectivity index (χ0) is 12.3. The maximum atomic E-state index is 5.53. The van der Waals surface area contributed by atoms with Gasteiger partial charge in [0.05, 0.1) is 0 Å². The smallest absolute Gasteiger partial charge is 0.225 e. The van der Waals surface area contributed by atoms with E-state index in [4.69, 9.17) is 5.73 Å². The fraction of sp³-hybridized carbons (Fsp3) is 0.667. The Morgan fingerprint density at radius 2 is 2.18 bits per heavy atom. The second-order valence-corrected chi connectivity index (χ2v) is 4.75. The number of nitrogens with two attached hydrogens (primary N) is 1. The van der Waals surface area contributed by atoms with Crippen molar-refractivity contribution in [2.75, 3.05) is 32.1 Å². The molecule has 0 bridgehead atoms. The van der Waals surface area contributed by atoms with Crippen LogP contribution in [0.2, 0.25) is 0 Å². The average Bonchev–Trinajstić information content (AvgIpc) is 2.75. The predicted molar refractivity (Wildman–Crippen MR) is 68.8 cm³/mol. The number of nitrogens with zero attached hydrogens (tertiary/aromatic N) is 4. The topological polar surface area (TPSA) is 58.3 Å². The van der Waals surface area contributed by atoms with E-state index in [1.807, 2.05) is 7.05 Å². The van der Waals surface area contributed by atoms with Crippen LogP contribution >= 0.6 is 0 Å². The van der Waals surface area contributed by atoms with Gasteiger partial charge in [-0.1, -0.05) is 0 Å². The van der Waals surface area contributed by atoms with Crippen LogP contribution in [-0.2, 0) is 6.54 Å². The van der Waals surface area contributed by atoms with Gasteiger partial charge in [0.1, 0.15) is 0 Å². The van der Waals surface area contributed by atoms with Gasteiger partial charge in [0.15, 0.2) is 0 Å². The van der Waals surface area contributed by atoms with Crippen LogP contribution in [0.4, 0.5) is 5.95 Å². The summed E-state index contributed by atoms with van der Waals surface area (Å²) in [5.41, 5.74) is 6.50. The normalized spacial score (nSPS) is 20.8. The standard InChI is InChI=1S/C12H21N5/c1-16-5-3-4-11(16)9-17(2)12-14-7-10(6-13)8-15-12/h7-8,11H,3-6,9,13H2,1-2H3. The molecule has 0 spiro atoms. The molecule has 2 rings (SSSR count). The molecule has 1 saturated heterocycles. The van der Waals surface area contributed by atoms with Gasteiger partial charge in [0.2, 0.25) is 5.95 Å². The Morgan fingerprint density at radius 1 is 1.47 bits per heavy atom. The van der Waals surface area contributed by atoms with Crippen LogP contribution < -0.4 is 10.6 Å². The van der Waals surface area contributed by atoms with E-state index in [1.54, 1.807) is 12.4 Å². The minimum atomic E-state index is 0.495. The number of rotatable bonds is 4. The summed E-state index contributed by atoms with van der Waals surface area (Å²) >= 11 is 0. The Kier molecular flexibility index (Phi) is 3.91. The second-order valence-electron chi connectivity index (χ2n) is 4.75. The van der Waals surface area contributed by atoms with Crippen molar-refractivity contribution in [3.63, 3.8) is 0 Å². The van der Waals surface area contributed by atoms with E-state index in [1.165, 1.54) is 19.4 Å². The molecule has 17 heavy (non-hydrogen) atoms. The molecule has 1 atom stereocenters. The highest BCUT2D eigenvalue weighted by molar-refractivity contribution is 5.28. The molecule has 1 fully saturated rings. The van der Waals surface area contributed by atoms with Crippen molar-refractivity contribution >= 4 is 5.95 Å². The molecule has 1 aliphatic rings. The van der Waals surface area contributed by atoms with Gasteiger partial charge in [-0.25, -0.2) is 9.97 Å². The lowest BCUT2D eigenvalue weighted by molar-refractivity contribution is 0.313. The molecule has 1 aromatic heterocycles. The van der Waals surface area contributed by atoms with E-state index >= 15 is 0 Å². The Hall–Kier alpha value is -1.20. The molecule has 2 heterocycles. The molecular weight excluding hydrogens is 214 g/mol. The summed E-state index contributed by atoms with van der Waals surface area (Å²) in [5, 5.41) is 0. The lowest BCUT2D eigenvalue weighted by Gasteiger charge is -2.25. The molecule has 94 valence electrons. The first-order valence-corrected chi connectivity index (χ1v) is 6.13. The van der Waals surface area contributed by atoms with Gasteiger partial charge in [-0.05, 0) is 26.4 Å². The molecule has 0 saturated carbocycles. The number of likely N-dealkylation sites (tertiary alicyclic amines) is 1. The van der Waals surface area contributed by atoms with Crippen LogP contribution in [0.5, 0.6) is 0 Å². The summed E-state index contributed by atoms with van der Waals surface area (Å²) in [7, 11) is 4.23. The molecular formula is C12H21N5. The molecule has 0 amide bonds. The third-order valence-corrected chi connectivity index (χ3v) is 3.42. The molecule has 0 aromatic carbocycles. The lowest BCUT2D eigenvalue weighted by atomic mass is 10.2. The minimum Gasteiger partial charge on any atom is -0.342 e. The molecule has 1 aromatic rings. The Balaban J connectivity index is 1.96. The summed E-state index contributed by atoms with van der Waals surface area (Å²) in [6.45, 7) is 2.68. The first-order valence-electron chi connectivity index (χ1n) is 6.13. The predicted octanol–water partition coefficient (Wildman–Crippen LogP) is 0.466. The van der Waals surface area contributed by atoms with Gasteiger partial charge in [0.25, 0.3) is 0 Å². The molecule has 5 nitrogen and oxygen atoms in total. The number of hydrogen-bond acceptors (Lipinski definition) is 5. The average molecular weight is 235 g/mol. The van der Waals surface area contributed by atoms with Gasteiger partial charge >= 0.3 is 0 Å². The second kappa shape index (κ2) is 5.42. The maximum Gasteiger partial charge on any atom is 0.225 e. The number of anilines is 1. The summed E-state index contributed by atoms with van der Waals surface area (Å²) in [6, 6.07) is 0.623.